The Morgan fingerprint density at radius 1 is 1.03 bits per heavy atom. The van der Waals surface area contributed by atoms with E-state index < -0.39 is 0 Å². The van der Waals surface area contributed by atoms with Crippen LogP contribution in [0.5, 0.6) is 0 Å². The SMILES string of the molecule is CC[C@H]1[C@@H](O)C2C3CC[C@H]([C@H](C)CCC(=O)OC)[C@@]3(C)CCC2[C@@]2(C)CC[C@@H](O)C[C@@H]12. The van der Waals surface area contributed by atoms with Gasteiger partial charge in [0.1, 0.15) is 0 Å². The van der Waals surface area contributed by atoms with Gasteiger partial charge in [-0.1, -0.05) is 34.1 Å². The van der Waals surface area contributed by atoms with Crippen molar-refractivity contribution in [1.29, 1.82) is 0 Å². The van der Waals surface area contributed by atoms with Crippen LogP contribution in [0.25, 0.3) is 0 Å². The number of carbonyl (C=O) groups is 1. The number of hydrogen-bond donors (Lipinski definition) is 2. The normalized spacial score (nSPS) is 50.2. The van der Waals surface area contributed by atoms with Crippen LogP contribution in [0.4, 0.5) is 0 Å². The summed E-state index contributed by atoms with van der Waals surface area (Å²) in [4.78, 5) is 11.7. The van der Waals surface area contributed by atoms with E-state index in [1.54, 1.807) is 0 Å². The predicted octanol–water partition coefficient (Wildman–Crippen LogP) is 5.20. The molecule has 0 amide bonds. The van der Waals surface area contributed by atoms with E-state index in [1.807, 2.05) is 0 Å². The minimum atomic E-state index is -0.230. The largest absolute Gasteiger partial charge is 0.469 e. The Balaban J connectivity index is 1.58. The van der Waals surface area contributed by atoms with Gasteiger partial charge in [-0.3, -0.25) is 4.79 Å². The van der Waals surface area contributed by atoms with Crippen molar-refractivity contribution in [2.45, 2.75) is 104 Å². The van der Waals surface area contributed by atoms with Gasteiger partial charge in [0.05, 0.1) is 19.3 Å². The monoisotopic (exact) mass is 434 g/mol. The first kappa shape index (κ1) is 23.5. The fourth-order valence-corrected chi connectivity index (χ4v) is 9.58. The molecule has 0 aromatic heterocycles. The van der Waals surface area contributed by atoms with Crippen molar-refractivity contribution in [3.05, 3.63) is 0 Å². The van der Waals surface area contributed by atoms with Gasteiger partial charge in [0.25, 0.3) is 0 Å². The molecule has 4 heteroatoms. The van der Waals surface area contributed by atoms with Crippen molar-refractivity contribution in [2.75, 3.05) is 7.11 Å². The van der Waals surface area contributed by atoms with E-state index >= 15 is 0 Å². The molecule has 0 heterocycles. The Morgan fingerprint density at radius 3 is 2.39 bits per heavy atom. The van der Waals surface area contributed by atoms with E-state index in [1.165, 1.54) is 32.8 Å². The summed E-state index contributed by atoms with van der Waals surface area (Å²) in [5, 5.41) is 22.2. The van der Waals surface area contributed by atoms with Gasteiger partial charge in [0, 0.05) is 6.42 Å². The molecule has 0 saturated heterocycles. The fourth-order valence-electron chi connectivity index (χ4n) is 9.58. The number of aliphatic hydroxyl groups excluding tert-OH is 2. The molecule has 4 rings (SSSR count). The zero-order valence-corrected chi connectivity index (χ0v) is 20.5. The third kappa shape index (κ3) is 3.68. The summed E-state index contributed by atoms with van der Waals surface area (Å²) < 4.78 is 4.88. The molecule has 3 unspecified atom stereocenters. The lowest BCUT2D eigenvalue weighted by molar-refractivity contribution is -0.203. The predicted molar refractivity (Wildman–Crippen MR) is 122 cm³/mol. The van der Waals surface area contributed by atoms with Gasteiger partial charge < -0.3 is 14.9 Å². The van der Waals surface area contributed by atoms with Crippen LogP contribution < -0.4 is 0 Å². The van der Waals surface area contributed by atoms with Crippen LogP contribution in [0, 0.1) is 52.3 Å². The Kier molecular flexibility index (Phi) is 6.55. The molecule has 0 aliphatic heterocycles. The van der Waals surface area contributed by atoms with Gasteiger partial charge in [-0.25, -0.2) is 0 Å². The smallest absolute Gasteiger partial charge is 0.305 e. The molecule has 0 aromatic carbocycles. The van der Waals surface area contributed by atoms with E-state index in [9.17, 15) is 15.0 Å². The highest BCUT2D eigenvalue weighted by atomic mass is 16.5. The first-order chi connectivity index (χ1) is 14.7. The number of rotatable bonds is 5. The molecule has 0 spiro atoms. The number of ether oxygens (including phenoxy) is 1. The minimum Gasteiger partial charge on any atom is -0.469 e. The number of esters is 1. The summed E-state index contributed by atoms with van der Waals surface area (Å²) >= 11 is 0. The maximum absolute atomic E-state index is 11.8. The molecule has 4 saturated carbocycles. The van der Waals surface area contributed by atoms with Crippen molar-refractivity contribution >= 4 is 5.97 Å². The standard InChI is InChI=1S/C27H46O4/c1-6-18-22-15-17(28)11-13-27(22,4)21-12-14-26(3)19(16(2)7-10-23(29)31-5)8-9-20(26)24(21)25(18)30/h16-22,24-25,28,30H,6-15H2,1-5H3/t16-,17-,18-,19-,20?,21?,22+,24?,25-,26-,27-/m1/s1. The number of hydrogen-bond acceptors (Lipinski definition) is 4. The quantitative estimate of drug-likeness (QED) is 0.584. The molecular weight excluding hydrogens is 388 g/mol. The van der Waals surface area contributed by atoms with Crippen LogP contribution in [0.15, 0.2) is 0 Å². The molecule has 4 aliphatic rings. The third-order valence-corrected chi connectivity index (χ3v) is 11.2. The molecule has 178 valence electrons. The van der Waals surface area contributed by atoms with Gasteiger partial charge in [-0.05, 0) is 104 Å². The molecule has 0 aromatic rings. The minimum absolute atomic E-state index is 0.0952. The maximum atomic E-state index is 11.8. The molecule has 0 radical (unpaired) electrons. The number of methoxy groups -OCH3 is 1. The van der Waals surface area contributed by atoms with Gasteiger partial charge in [0.15, 0.2) is 0 Å². The molecule has 0 bridgehead atoms. The molecule has 11 atom stereocenters. The molecule has 4 fully saturated rings. The summed E-state index contributed by atoms with van der Waals surface area (Å²) in [6.45, 7) is 9.58. The van der Waals surface area contributed by atoms with Crippen LogP contribution >= 0.6 is 0 Å². The molecule has 4 nitrogen and oxygen atoms in total. The van der Waals surface area contributed by atoms with E-state index in [-0.39, 0.29) is 29.0 Å². The number of fused-ring (bicyclic) bond motifs is 5. The molecule has 2 N–H and O–H groups in total. The summed E-state index contributed by atoms with van der Waals surface area (Å²) in [5.41, 5.74) is 0.535. The second kappa shape index (κ2) is 8.63. The van der Waals surface area contributed by atoms with Crippen LogP contribution in [-0.4, -0.2) is 35.5 Å². The van der Waals surface area contributed by atoms with Crippen molar-refractivity contribution in [2.24, 2.45) is 52.3 Å². The summed E-state index contributed by atoms with van der Waals surface area (Å²) in [6.07, 6.45) is 9.87. The topological polar surface area (TPSA) is 66.8 Å². The summed E-state index contributed by atoms with van der Waals surface area (Å²) in [7, 11) is 1.48. The zero-order valence-electron chi connectivity index (χ0n) is 20.5. The first-order valence-electron chi connectivity index (χ1n) is 13.1. The zero-order chi connectivity index (χ0) is 22.6. The van der Waals surface area contributed by atoms with Crippen molar-refractivity contribution in [1.82, 2.24) is 0 Å². The van der Waals surface area contributed by atoms with E-state index in [4.69, 9.17) is 4.74 Å². The average molecular weight is 435 g/mol. The van der Waals surface area contributed by atoms with Gasteiger partial charge >= 0.3 is 5.97 Å². The Bertz CT molecular complexity index is 664. The average Bonchev–Trinajstić information content (AvgIpc) is 3.10. The van der Waals surface area contributed by atoms with Gasteiger partial charge in [0.2, 0.25) is 0 Å². The highest BCUT2D eigenvalue weighted by Crippen LogP contribution is 2.69. The third-order valence-electron chi connectivity index (χ3n) is 11.2. The highest BCUT2D eigenvalue weighted by molar-refractivity contribution is 5.69. The van der Waals surface area contributed by atoms with Crippen LogP contribution in [0.1, 0.15) is 91.9 Å². The summed E-state index contributed by atoms with van der Waals surface area (Å²) in [6, 6.07) is 0. The van der Waals surface area contributed by atoms with Gasteiger partial charge in [-0.15, -0.1) is 0 Å². The highest BCUT2D eigenvalue weighted by Gasteiger charge is 2.64. The molecule has 4 aliphatic carbocycles. The lowest BCUT2D eigenvalue weighted by Crippen LogP contribution is -2.62. The van der Waals surface area contributed by atoms with Crippen LogP contribution in [0.2, 0.25) is 0 Å². The number of aliphatic hydroxyl groups is 2. The van der Waals surface area contributed by atoms with Crippen LogP contribution in [0.3, 0.4) is 0 Å². The first-order valence-corrected chi connectivity index (χ1v) is 13.1. The molecular formula is C27H46O4. The van der Waals surface area contributed by atoms with Crippen molar-refractivity contribution < 1.29 is 19.7 Å². The lowest BCUT2D eigenvalue weighted by atomic mass is 9.41. The van der Waals surface area contributed by atoms with Crippen molar-refractivity contribution in [3.8, 4) is 0 Å². The van der Waals surface area contributed by atoms with Crippen LogP contribution in [-0.2, 0) is 9.53 Å². The number of carbonyl (C=O) groups excluding carboxylic acids is 1. The second-order valence-electron chi connectivity index (χ2n) is 12.2. The maximum Gasteiger partial charge on any atom is 0.305 e. The molecule has 31 heavy (non-hydrogen) atoms. The van der Waals surface area contributed by atoms with E-state index in [0.29, 0.717) is 47.8 Å². The Labute approximate surface area is 189 Å². The van der Waals surface area contributed by atoms with E-state index in [2.05, 4.69) is 27.7 Å². The van der Waals surface area contributed by atoms with Crippen molar-refractivity contribution in [3.63, 3.8) is 0 Å². The summed E-state index contributed by atoms with van der Waals surface area (Å²) in [5.74, 6) is 3.41. The lowest BCUT2D eigenvalue weighted by Gasteiger charge is -2.64. The fraction of sp³-hybridized carbons (Fsp3) is 0.963. The Morgan fingerprint density at radius 2 is 1.71 bits per heavy atom. The van der Waals surface area contributed by atoms with E-state index in [0.717, 1.165) is 32.1 Å². The Hall–Kier alpha value is -0.610. The van der Waals surface area contributed by atoms with Gasteiger partial charge in [-0.2, -0.15) is 0 Å². The second-order valence-corrected chi connectivity index (χ2v) is 12.2.